The van der Waals surface area contributed by atoms with E-state index < -0.39 is 0 Å². The minimum Gasteiger partial charge on any atom is -0.316 e. The number of rotatable bonds is 3. The standard InChI is InChI=1S/C13H26N2.ClH/c1-2-15-8-5-12(6-9-15)10-13-4-3-7-14-11-13;/h12-14H,2-11H2,1H3;1H. The summed E-state index contributed by atoms with van der Waals surface area (Å²) in [5, 5.41) is 3.53. The summed E-state index contributed by atoms with van der Waals surface area (Å²) in [5.41, 5.74) is 0. The van der Waals surface area contributed by atoms with Crippen molar-refractivity contribution >= 4 is 12.4 Å². The van der Waals surface area contributed by atoms with E-state index in [4.69, 9.17) is 0 Å². The third-order valence-corrected chi connectivity index (χ3v) is 4.22. The van der Waals surface area contributed by atoms with E-state index in [0.717, 1.165) is 11.8 Å². The van der Waals surface area contributed by atoms with Crippen LogP contribution in [0.3, 0.4) is 0 Å². The zero-order valence-corrected chi connectivity index (χ0v) is 11.4. The summed E-state index contributed by atoms with van der Waals surface area (Å²) in [4.78, 5) is 2.59. The molecule has 0 aromatic rings. The molecule has 2 heterocycles. The average Bonchev–Trinajstić information content (AvgIpc) is 2.31. The smallest absolute Gasteiger partial charge is 0.00162 e. The predicted molar refractivity (Wildman–Crippen MR) is 72.3 cm³/mol. The van der Waals surface area contributed by atoms with Crippen LogP contribution < -0.4 is 5.32 Å². The molecule has 0 aromatic heterocycles. The van der Waals surface area contributed by atoms with Crippen LogP contribution in [0.2, 0.25) is 0 Å². The van der Waals surface area contributed by atoms with Gasteiger partial charge < -0.3 is 10.2 Å². The van der Waals surface area contributed by atoms with Crippen molar-refractivity contribution in [2.24, 2.45) is 11.8 Å². The molecular formula is C13H27ClN2. The van der Waals surface area contributed by atoms with Crippen LogP contribution in [0, 0.1) is 11.8 Å². The topological polar surface area (TPSA) is 15.3 Å². The third kappa shape index (κ3) is 4.23. The largest absolute Gasteiger partial charge is 0.316 e. The van der Waals surface area contributed by atoms with Crippen LogP contribution in [0.4, 0.5) is 0 Å². The Hall–Kier alpha value is 0.210. The predicted octanol–water partition coefficient (Wildman–Crippen LogP) is 2.53. The highest BCUT2D eigenvalue weighted by molar-refractivity contribution is 5.85. The molecule has 0 saturated carbocycles. The molecule has 1 atom stereocenters. The van der Waals surface area contributed by atoms with Crippen molar-refractivity contribution in [1.82, 2.24) is 10.2 Å². The molecule has 2 fully saturated rings. The van der Waals surface area contributed by atoms with Gasteiger partial charge in [0.1, 0.15) is 0 Å². The monoisotopic (exact) mass is 246 g/mol. The molecule has 2 aliphatic heterocycles. The van der Waals surface area contributed by atoms with Crippen LogP contribution >= 0.6 is 12.4 Å². The lowest BCUT2D eigenvalue weighted by molar-refractivity contribution is 0.166. The second-order valence-corrected chi connectivity index (χ2v) is 5.33. The van der Waals surface area contributed by atoms with Gasteiger partial charge in [0, 0.05) is 0 Å². The van der Waals surface area contributed by atoms with Gasteiger partial charge in [-0.15, -0.1) is 12.4 Å². The molecule has 1 unspecified atom stereocenters. The summed E-state index contributed by atoms with van der Waals surface area (Å²) >= 11 is 0. The number of nitrogens with zero attached hydrogens (tertiary/aromatic N) is 1. The molecule has 0 spiro atoms. The number of nitrogens with one attached hydrogen (secondary N) is 1. The molecule has 1 N–H and O–H groups in total. The Bertz CT molecular complexity index is 173. The van der Waals surface area contributed by atoms with Crippen molar-refractivity contribution in [3.8, 4) is 0 Å². The van der Waals surface area contributed by atoms with Gasteiger partial charge in [0.2, 0.25) is 0 Å². The fraction of sp³-hybridized carbons (Fsp3) is 1.00. The fourth-order valence-electron chi connectivity index (χ4n) is 3.13. The zero-order chi connectivity index (χ0) is 10.5. The Balaban J connectivity index is 0.00000128. The molecule has 0 amide bonds. The molecule has 96 valence electrons. The summed E-state index contributed by atoms with van der Waals surface area (Å²) < 4.78 is 0. The Morgan fingerprint density at radius 1 is 1.12 bits per heavy atom. The highest BCUT2D eigenvalue weighted by Crippen LogP contribution is 2.27. The van der Waals surface area contributed by atoms with Gasteiger partial charge >= 0.3 is 0 Å². The summed E-state index contributed by atoms with van der Waals surface area (Å²) in [5.74, 6) is 2.01. The molecule has 0 radical (unpaired) electrons. The van der Waals surface area contributed by atoms with Gasteiger partial charge in [0.05, 0.1) is 0 Å². The van der Waals surface area contributed by atoms with Gasteiger partial charge in [-0.25, -0.2) is 0 Å². The molecular weight excluding hydrogens is 220 g/mol. The van der Waals surface area contributed by atoms with Crippen molar-refractivity contribution < 1.29 is 0 Å². The van der Waals surface area contributed by atoms with Gasteiger partial charge in [0.15, 0.2) is 0 Å². The third-order valence-electron chi connectivity index (χ3n) is 4.22. The van der Waals surface area contributed by atoms with Crippen molar-refractivity contribution in [2.75, 3.05) is 32.7 Å². The molecule has 0 bridgehead atoms. The molecule has 2 rings (SSSR count). The van der Waals surface area contributed by atoms with Gasteiger partial charge in [-0.05, 0) is 76.7 Å². The van der Waals surface area contributed by atoms with Crippen LogP contribution in [0.5, 0.6) is 0 Å². The van der Waals surface area contributed by atoms with Crippen molar-refractivity contribution in [1.29, 1.82) is 0 Å². The van der Waals surface area contributed by atoms with E-state index in [1.165, 1.54) is 64.8 Å². The summed E-state index contributed by atoms with van der Waals surface area (Å²) in [6, 6.07) is 0. The fourth-order valence-corrected chi connectivity index (χ4v) is 3.13. The van der Waals surface area contributed by atoms with E-state index >= 15 is 0 Å². The van der Waals surface area contributed by atoms with E-state index in [1.54, 1.807) is 0 Å². The number of likely N-dealkylation sites (tertiary alicyclic amines) is 1. The zero-order valence-electron chi connectivity index (χ0n) is 10.6. The highest BCUT2D eigenvalue weighted by atomic mass is 35.5. The Morgan fingerprint density at radius 3 is 2.44 bits per heavy atom. The Labute approximate surface area is 107 Å². The maximum Gasteiger partial charge on any atom is -0.00162 e. The van der Waals surface area contributed by atoms with Crippen molar-refractivity contribution in [3.63, 3.8) is 0 Å². The van der Waals surface area contributed by atoms with Crippen LogP contribution in [-0.4, -0.2) is 37.6 Å². The van der Waals surface area contributed by atoms with E-state index in [1.807, 2.05) is 0 Å². The van der Waals surface area contributed by atoms with Crippen LogP contribution in [0.1, 0.15) is 39.0 Å². The molecule has 3 heteroatoms. The minimum absolute atomic E-state index is 0. The average molecular weight is 247 g/mol. The van der Waals surface area contributed by atoms with Crippen molar-refractivity contribution in [3.05, 3.63) is 0 Å². The molecule has 0 aromatic carbocycles. The lowest BCUT2D eigenvalue weighted by atomic mass is 9.84. The summed E-state index contributed by atoms with van der Waals surface area (Å²) in [6.45, 7) is 8.77. The number of hydrogen-bond donors (Lipinski definition) is 1. The Morgan fingerprint density at radius 2 is 1.88 bits per heavy atom. The highest BCUT2D eigenvalue weighted by Gasteiger charge is 2.22. The first-order valence-corrected chi connectivity index (χ1v) is 6.81. The summed E-state index contributed by atoms with van der Waals surface area (Å²) in [6.07, 6.45) is 7.26. The molecule has 2 nitrogen and oxygen atoms in total. The van der Waals surface area contributed by atoms with Crippen LogP contribution in [-0.2, 0) is 0 Å². The van der Waals surface area contributed by atoms with Gasteiger partial charge in [-0.1, -0.05) is 6.92 Å². The van der Waals surface area contributed by atoms with Gasteiger partial charge in [-0.3, -0.25) is 0 Å². The summed E-state index contributed by atoms with van der Waals surface area (Å²) in [7, 11) is 0. The molecule has 2 saturated heterocycles. The quantitative estimate of drug-likeness (QED) is 0.824. The SMILES string of the molecule is CCN1CCC(CC2CCCNC2)CC1.Cl. The number of halogens is 1. The van der Waals surface area contributed by atoms with E-state index in [9.17, 15) is 0 Å². The maximum atomic E-state index is 3.53. The van der Waals surface area contributed by atoms with E-state index in [0.29, 0.717) is 0 Å². The number of piperidine rings is 2. The van der Waals surface area contributed by atoms with Gasteiger partial charge in [0.25, 0.3) is 0 Å². The first kappa shape index (κ1) is 14.3. The molecule has 2 aliphatic rings. The molecule has 0 aliphatic carbocycles. The Kier molecular flexibility index (Phi) is 6.71. The van der Waals surface area contributed by atoms with E-state index in [-0.39, 0.29) is 12.4 Å². The van der Waals surface area contributed by atoms with Gasteiger partial charge in [-0.2, -0.15) is 0 Å². The lowest BCUT2D eigenvalue weighted by Crippen LogP contribution is -2.36. The second kappa shape index (κ2) is 7.52. The van der Waals surface area contributed by atoms with E-state index in [2.05, 4.69) is 17.1 Å². The maximum absolute atomic E-state index is 3.53. The van der Waals surface area contributed by atoms with Crippen LogP contribution in [0.15, 0.2) is 0 Å². The first-order chi connectivity index (χ1) is 7.38. The second-order valence-electron chi connectivity index (χ2n) is 5.33. The first-order valence-electron chi connectivity index (χ1n) is 6.81. The van der Waals surface area contributed by atoms with Crippen LogP contribution in [0.25, 0.3) is 0 Å². The molecule has 16 heavy (non-hydrogen) atoms. The van der Waals surface area contributed by atoms with Crippen molar-refractivity contribution in [2.45, 2.75) is 39.0 Å². The number of hydrogen-bond acceptors (Lipinski definition) is 2. The minimum atomic E-state index is 0. The lowest BCUT2D eigenvalue weighted by Gasteiger charge is -2.34. The normalized spacial score (nSPS) is 28.7.